The first-order valence-corrected chi connectivity index (χ1v) is 8.33. The van der Waals surface area contributed by atoms with Gasteiger partial charge in [-0.3, -0.25) is 4.79 Å². The van der Waals surface area contributed by atoms with E-state index in [1.165, 1.54) is 6.26 Å². The molecule has 25 heavy (non-hydrogen) atoms. The number of hydrogen-bond donors (Lipinski definition) is 2. The molecule has 1 aliphatic rings. The highest BCUT2D eigenvalue weighted by molar-refractivity contribution is 6.64. The van der Waals surface area contributed by atoms with Crippen LogP contribution in [0, 0.1) is 0 Å². The molecule has 1 aromatic heterocycles. The van der Waals surface area contributed by atoms with E-state index >= 15 is 0 Å². The van der Waals surface area contributed by atoms with Gasteiger partial charge in [0.2, 0.25) is 0 Å². The first-order chi connectivity index (χ1) is 11.7. The average Bonchev–Trinajstić information content (AvgIpc) is 3.03. The number of carbonyl (C=O) groups excluding carboxylic acids is 1. The molecule has 6 nitrogen and oxygen atoms in total. The topological polar surface area (TPSA) is 72.7 Å². The number of fused-ring (bicyclic) bond motifs is 1. The molecule has 0 atom stereocenters. The van der Waals surface area contributed by atoms with Crippen LogP contribution in [0.15, 0.2) is 22.8 Å². The molecule has 0 amide bonds. The summed E-state index contributed by atoms with van der Waals surface area (Å²) in [5.41, 5.74) is 2.07. The van der Waals surface area contributed by atoms with Crippen molar-refractivity contribution in [2.75, 3.05) is 26.5 Å². The molecule has 2 aromatic rings. The maximum Gasteiger partial charge on any atom is 0.496 e. The minimum absolute atomic E-state index is 0.415. The summed E-state index contributed by atoms with van der Waals surface area (Å²) in [6, 6.07) is 3.76. The van der Waals surface area contributed by atoms with Crippen molar-refractivity contribution in [1.82, 2.24) is 5.32 Å². The van der Waals surface area contributed by atoms with Crippen LogP contribution in [0.3, 0.4) is 0 Å². The van der Waals surface area contributed by atoms with Crippen molar-refractivity contribution >= 4 is 35.5 Å². The second-order valence-corrected chi connectivity index (χ2v) is 7.08. The number of benzene rings is 1. The van der Waals surface area contributed by atoms with Gasteiger partial charge >= 0.3 is 7.12 Å². The molecule has 1 saturated heterocycles. The minimum atomic E-state index is -0.494. The Balaban J connectivity index is 0.000000701. The maximum atomic E-state index is 11.1. The maximum absolute atomic E-state index is 11.1. The molecule has 2 N–H and O–H groups in total. The quantitative estimate of drug-likeness (QED) is 0.657. The van der Waals surface area contributed by atoms with Crippen LogP contribution in [0.1, 0.15) is 38.1 Å². The zero-order chi connectivity index (χ0) is 18.8. The normalized spacial score (nSPS) is 18.0. The predicted molar refractivity (Wildman–Crippen MR) is 102 cm³/mol. The van der Waals surface area contributed by atoms with E-state index in [-0.39, 0.29) is 0 Å². The van der Waals surface area contributed by atoms with Gasteiger partial charge in [-0.25, -0.2) is 0 Å². The predicted octanol–water partition coefficient (Wildman–Crippen LogP) is 2.42. The van der Waals surface area contributed by atoms with Crippen LogP contribution in [-0.2, 0) is 9.31 Å². The van der Waals surface area contributed by atoms with Gasteiger partial charge in [0, 0.05) is 29.7 Å². The summed E-state index contributed by atoms with van der Waals surface area (Å²) in [7, 11) is 5.09. The SMILES string of the molecule is CNC.CNc1cc2occ(C=O)c2cc1B1OC(C)(C)C(C)(C)O1. The van der Waals surface area contributed by atoms with Crippen molar-refractivity contribution in [1.29, 1.82) is 0 Å². The standard InChI is InChI=1S/C16H20BNO4.C2H7N/c1-15(2)16(3,4)22-17(21-15)12-6-11-10(8-19)9-20-14(11)7-13(12)18-5;1-3-2/h6-9,18H,1-5H3;3H,1-2H3. The lowest BCUT2D eigenvalue weighted by molar-refractivity contribution is 0.00578. The molecule has 0 spiro atoms. The Bertz CT molecular complexity index is 739. The number of furan rings is 1. The number of carbonyl (C=O) groups is 1. The summed E-state index contributed by atoms with van der Waals surface area (Å²) >= 11 is 0. The Morgan fingerprint density at radius 1 is 1.04 bits per heavy atom. The summed E-state index contributed by atoms with van der Waals surface area (Å²) in [6.07, 6.45) is 2.25. The highest BCUT2D eigenvalue weighted by Gasteiger charge is 2.52. The van der Waals surface area contributed by atoms with Gasteiger partial charge in [0.15, 0.2) is 6.29 Å². The van der Waals surface area contributed by atoms with Gasteiger partial charge < -0.3 is 24.4 Å². The van der Waals surface area contributed by atoms with E-state index in [1.807, 2.05) is 61.0 Å². The van der Waals surface area contributed by atoms with Gasteiger partial charge in [-0.1, -0.05) is 0 Å². The van der Waals surface area contributed by atoms with Crippen molar-refractivity contribution in [2.45, 2.75) is 38.9 Å². The van der Waals surface area contributed by atoms with Crippen molar-refractivity contribution < 1.29 is 18.5 Å². The van der Waals surface area contributed by atoms with Crippen LogP contribution in [-0.4, -0.2) is 45.7 Å². The highest BCUT2D eigenvalue weighted by Crippen LogP contribution is 2.37. The lowest BCUT2D eigenvalue weighted by Crippen LogP contribution is -2.41. The number of nitrogens with one attached hydrogen (secondary N) is 2. The zero-order valence-corrected chi connectivity index (χ0v) is 16.0. The molecule has 1 fully saturated rings. The van der Waals surface area contributed by atoms with Crippen molar-refractivity contribution in [2.24, 2.45) is 0 Å². The van der Waals surface area contributed by atoms with Crippen LogP contribution in [0.2, 0.25) is 0 Å². The Kier molecular flexibility index (Phi) is 5.61. The van der Waals surface area contributed by atoms with Crippen LogP contribution < -0.4 is 16.1 Å². The Hall–Kier alpha value is -1.83. The highest BCUT2D eigenvalue weighted by atomic mass is 16.7. The third kappa shape index (κ3) is 3.59. The smallest absolute Gasteiger partial charge is 0.463 e. The van der Waals surface area contributed by atoms with Gasteiger partial charge in [-0.2, -0.15) is 0 Å². The number of rotatable bonds is 3. The Morgan fingerprint density at radius 3 is 2.08 bits per heavy atom. The Morgan fingerprint density at radius 2 is 1.60 bits per heavy atom. The molecule has 136 valence electrons. The van der Waals surface area contributed by atoms with Gasteiger partial charge in [0.1, 0.15) is 11.8 Å². The number of hydrogen-bond acceptors (Lipinski definition) is 6. The minimum Gasteiger partial charge on any atom is -0.463 e. The fourth-order valence-corrected chi connectivity index (χ4v) is 2.58. The number of anilines is 1. The van der Waals surface area contributed by atoms with E-state index in [0.717, 1.165) is 22.8 Å². The van der Waals surface area contributed by atoms with Crippen molar-refractivity contribution in [3.63, 3.8) is 0 Å². The third-order valence-electron chi connectivity index (χ3n) is 4.68. The monoisotopic (exact) mass is 346 g/mol. The summed E-state index contributed by atoms with van der Waals surface area (Å²) in [5.74, 6) is 0. The molecule has 3 rings (SSSR count). The first-order valence-electron chi connectivity index (χ1n) is 8.33. The summed E-state index contributed by atoms with van der Waals surface area (Å²) in [4.78, 5) is 11.1. The summed E-state index contributed by atoms with van der Waals surface area (Å²) < 4.78 is 17.6. The van der Waals surface area contributed by atoms with Gasteiger partial charge in [-0.15, -0.1) is 0 Å². The van der Waals surface area contributed by atoms with Crippen LogP contribution in [0.4, 0.5) is 5.69 Å². The fourth-order valence-electron chi connectivity index (χ4n) is 2.58. The summed E-state index contributed by atoms with van der Waals surface area (Å²) in [6.45, 7) is 8.05. The number of aldehydes is 1. The van der Waals surface area contributed by atoms with Gasteiger partial charge in [-0.05, 0) is 47.9 Å². The van der Waals surface area contributed by atoms with E-state index in [2.05, 4.69) is 10.6 Å². The van der Waals surface area contributed by atoms with E-state index in [9.17, 15) is 4.79 Å². The second kappa shape index (κ2) is 7.19. The largest absolute Gasteiger partial charge is 0.496 e. The molecule has 0 radical (unpaired) electrons. The Labute approximate surface area is 149 Å². The van der Waals surface area contributed by atoms with Gasteiger partial charge in [0.05, 0.1) is 16.8 Å². The molecule has 1 aromatic carbocycles. The van der Waals surface area contributed by atoms with E-state index in [0.29, 0.717) is 11.1 Å². The molecular weight excluding hydrogens is 319 g/mol. The third-order valence-corrected chi connectivity index (χ3v) is 4.68. The molecule has 7 heteroatoms. The molecule has 0 unspecified atom stereocenters. The first kappa shape index (κ1) is 19.5. The lowest BCUT2D eigenvalue weighted by Gasteiger charge is -2.32. The fraction of sp³-hybridized carbons (Fsp3) is 0.500. The lowest BCUT2D eigenvalue weighted by atomic mass is 9.77. The van der Waals surface area contributed by atoms with E-state index < -0.39 is 18.3 Å². The van der Waals surface area contributed by atoms with Crippen LogP contribution in [0.5, 0.6) is 0 Å². The molecule has 0 aliphatic carbocycles. The van der Waals surface area contributed by atoms with Gasteiger partial charge in [0.25, 0.3) is 0 Å². The molecule has 2 heterocycles. The summed E-state index contributed by atoms with van der Waals surface area (Å²) in [5, 5.41) is 6.65. The average molecular weight is 346 g/mol. The molecule has 1 aliphatic heterocycles. The molecule has 0 saturated carbocycles. The molecule has 0 bridgehead atoms. The molecular formula is C18H27BN2O4. The second-order valence-electron chi connectivity index (χ2n) is 7.08. The van der Waals surface area contributed by atoms with E-state index in [4.69, 9.17) is 13.7 Å². The zero-order valence-electron chi connectivity index (χ0n) is 16.0. The van der Waals surface area contributed by atoms with Crippen LogP contribution in [0.25, 0.3) is 11.0 Å². The van der Waals surface area contributed by atoms with Crippen LogP contribution >= 0.6 is 0 Å². The van der Waals surface area contributed by atoms with Crippen molar-refractivity contribution in [3.8, 4) is 0 Å². The van der Waals surface area contributed by atoms with Crippen molar-refractivity contribution in [3.05, 3.63) is 24.0 Å². The van der Waals surface area contributed by atoms with E-state index in [1.54, 1.807) is 0 Å².